The maximum absolute atomic E-state index is 12.9. The number of amides is 1. The fourth-order valence-electron chi connectivity index (χ4n) is 4.13. The number of carbonyl (C=O) groups is 1. The molecule has 1 aromatic heterocycles. The van der Waals surface area contributed by atoms with Crippen molar-refractivity contribution in [2.75, 3.05) is 25.9 Å². The molecule has 0 saturated carbocycles. The van der Waals surface area contributed by atoms with Crippen LogP contribution in [0.2, 0.25) is 0 Å². The van der Waals surface area contributed by atoms with Crippen LogP contribution < -0.4 is 0 Å². The zero-order chi connectivity index (χ0) is 17.6. The number of aromatic nitrogens is 1. The fourth-order valence-corrected chi connectivity index (χ4v) is 5.05. The second-order valence-corrected chi connectivity index (χ2v) is 9.21. The van der Waals surface area contributed by atoms with E-state index in [4.69, 9.17) is 0 Å². The number of piperidine rings is 1. The summed E-state index contributed by atoms with van der Waals surface area (Å²) >= 11 is 0. The zero-order valence-corrected chi connectivity index (χ0v) is 15.2. The molecule has 0 N–H and O–H groups in total. The van der Waals surface area contributed by atoms with Gasteiger partial charge in [0.25, 0.3) is 0 Å². The van der Waals surface area contributed by atoms with Crippen LogP contribution in [0, 0.1) is 5.92 Å². The van der Waals surface area contributed by atoms with Crippen molar-refractivity contribution in [3.05, 3.63) is 36.5 Å². The number of hydrogen-bond acceptors (Lipinski definition) is 3. The van der Waals surface area contributed by atoms with Gasteiger partial charge >= 0.3 is 0 Å². The lowest BCUT2D eigenvalue weighted by molar-refractivity contribution is -0.135. The molecular weight excluding hydrogens is 338 g/mol. The Hall–Kier alpha value is -1.86. The average Bonchev–Trinajstić information content (AvgIpc) is 2.76. The Kier molecular flexibility index (Phi) is 4.08. The molecule has 0 unspecified atom stereocenters. The van der Waals surface area contributed by atoms with Crippen molar-refractivity contribution < 1.29 is 13.2 Å². The van der Waals surface area contributed by atoms with Crippen molar-refractivity contribution in [2.45, 2.75) is 25.4 Å². The molecule has 2 aromatic rings. The maximum Gasteiger partial charge on any atom is 0.242 e. The molecule has 0 aliphatic carbocycles. The molecule has 1 aromatic carbocycles. The van der Waals surface area contributed by atoms with Gasteiger partial charge in [0, 0.05) is 37.4 Å². The number of para-hydroxylation sites is 1. The van der Waals surface area contributed by atoms with Crippen molar-refractivity contribution in [1.29, 1.82) is 0 Å². The van der Waals surface area contributed by atoms with E-state index < -0.39 is 10.0 Å². The van der Waals surface area contributed by atoms with E-state index in [-0.39, 0.29) is 17.9 Å². The van der Waals surface area contributed by atoms with Crippen molar-refractivity contribution in [3.8, 4) is 0 Å². The predicted molar refractivity (Wildman–Crippen MR) is 96.6 cm³/mol. The van der Waals surface area contributed by atoms with Crippen LogP contribution in [0.25, 0.3) is 10.9 Å². The Morgan fingerprint density at radius 1 is 1.12 bits per heavy atom. The molecule has 3 aliphatic heterocycles. The summed E-state index contributed by atoms with van der Waals surface area (Å²) in [5.41, 5.74) is 1.05. The molecule has 3 aliphatic rings. The minimum absolute atomic E-state index is 0.0113. The van der Waals surface area contributed by atoms with Crippen LogP contribution in [0.15, 0.2) is 36.5 Å². The third kappa shape index (κ3) is 3.18. The Labute approximate surface area is 148 Å². The Morgan fingerprint density at radius 2 is 1.92 bits per heavy atom. The van der Waals surface area contributed by atoms with Crippen LogP contribution in [-0.2, 0) is 21.4 Å². The summed E-state index contributed by atoms with van der Waals surface area (Å²) in [5.74, 6) is 0.310. The second-order valence-electron chi connectivity index (χ2n) is 7.23. The first-order valence-electron chi connectivity index (χ1n) is 8.70. The van der Waals surface area contributed by atoms with Crippen LogP contribution >= 0.6 is 0 Å². The summed E-state index contributed by atoms with van der Waals surface area (Å²) in [5, 5.41) is 1.12. The van der Waals surface area contributed by atoms with Crippen molar-refractivity contribution >= 4 is 26.8 Å². The molecule has 0 radical (unpaired) electrons. The smallest absolute Gasteiger partial charge is 0.242 e. The molecule has 2 bridgehead atoms. The van der Waals surface area contributed by atoms with Crippen LogP contribution in [0.4, 0.5) is 0 Å². The summed E-state index contributed by atoms with van der Waals surface area (Å²) in [6.07, 6.45) is 5.08. The molecule has 25 heavy (non-hydrogen) atoms. The predicted octanol–water partition coefficient (Wildman–Crippen LogP) is 1.52. The molecule has 7 heteroatoms. The number of carbonyl (C=O) groups excluding carboxylic acids is 1. The molecule has 1 amide bonds. The van der Waals surface area contributed by atoms with Gasteiger partial charge in [0.05, 0.1) is 6.26 Å². The summed E-state index contributed by atoms with van der Waals surface area (Å²) in [7, 11) is -3.21. The largest absolute Gasteiger partial charge is 0.338 e. The maximum atomic E-state index is 12.9. The lowest BCUT2D eigenvalue weighted by Crippen LogP contribution is -2.48. The normalized spacial score (nSPS) is 24.6. The van der Waals surface area contributed by atoms with E-state index >= 15 is 0 Å². The fraction of sp³-hybridized carbons (Fsp3) is 0.500. The first-order valence-corrected chi connectivity index (χ1v) is 10.5. The Bertz CT molecular complexity index is 905. The highest BCUT2D eigenvalue weighted by atomic mass is 32.2. The highest BCUT2D eigenvalue weighted by Gasteiger charge is 2.39. The number of benzene rings is 1. The zero-order valence-electron chi connectivity index (χ0n) is 14.3. The molecule has 4 heterocycles. The van der Waals surface area contributed by atoms with Gasteiger partial charge < -0.3 is 9.47 Å². The minimum Gasteiger partial charge on any atom is -0.338 e. The lowest BCUT2D eigenvalue weighted by Gasteiger charge is -2.36. The molecule has 0 spiro atoms. The average molecular weight is 361 g/mol. The van der Waals surface area contributed by atoms with E-state index in [1.807, 2.05) is 46.0 Å². The van der Waals surface area contributed by atoms with Crippen molar-refractivity contribution in [2.24, 2.45) is 5.92 Å². The Morgan fingerprint density at radius 3 is 2.72 bits per heavy atom. The quantitative estimate of drug-likeness (QED) is 0.833. The van der Waals surface area contributed by atoms with Crippen LogP contribution in [0.1, 0.15) is 12.8 Å². The van der Waals surface area contributed by atoms with E-state index in [0.717, 1.165) is 23.7 Å². The summed E-state index contributed by atoms with van der Waals surface area (Å²) in [6, 6.07) is 10.0. The molecule has 3 saturated heterocycles. The van der Waals surface area contributed by atoms with E-state index in [9.17, 15) is 13.2 Å². The third-order valence-electron chi connectivity index (χ3n) is 5.46. The van der Waals surface area contributed by atoms with E-state index in [1.165, 1.54) is 6.26 Å². The first-order chi connectivity index (χ1) is 11.9. The first kappa shape index (κ1) is 16.6. The third-order valence-corrected chi connectivity index (χ3v) is 6.69. The monoisotopic (exact) mass is 361 g/mol. The van der Waals surface area contributed by atoms with E-state index in [2.05, 4.69) is 0 Å². The van der Waals surface area contributed by atoms with Crippen LogP contribution in [0.5, 0.6) is 0 Å². The number of hydrogen-bond donors (Lipinski definition) is 0. The topological polar surface area (TPSA) is 62.6 Å². The van der Waals surface area contributed by atoms with Gasteiger partial charge in [0.1, 0.15) is 6.54 Å². The van der Waals surface area contributed by atoms with Crippen molar-refractivity contribution in [3.63, 3.8) is 0 Å². The van der Waals surface area contributed by atoms with Crippen molar-refractivity contribution in [1.82, 2.24) is 13.8 Å². The van der Waals surface area contributed by atoms with Gasteiger partial charge in [0.2, 0.25) is 15.9 Å². The lowest BCUT2D eigenvalue weighted by atomic mass is 9.95. The number of rotatable bonds is 3. The summed E-state index contributed by atoms with van der Waals surface area (Å²) in [4.78, 5) is 14.9. The summed E-state index contributed by atoms with van der Waals surface area (Å²) in [6.45, 7) is 1.92. The Balaban J connectivity index is 1.55. The molecule has 6 nitrogen and oxygen atoms in total. The second kappa shape index (κ2) is 6.14. The summed E-state index contributed by atoms with van der Waals surface area (Å²) < 4.78 is 27.4. The highest BCUT2D eigenvalue weighted by molar-refractivity contribution is 7.88. The SMILES string of the molecule is CS(=O)(=O)N1C[C@H]2CC[C@@H](C1)N(C(=O)Cn1ccc3ccccc31)C2. The van der Waals surface area contributed by atoms with Gasteiger partial charge in [-0.3, -0.25) is 4.79 Å². The van der Waals surface area contributed by atoms with Crippen LogP contribution in [-0.4, -0.2) is 60.0 Å². The molecule has 2 atom stereocenters. The standard InChI is InChI=1S/C18H23N3O3S/c1-25(23,24)20-10-14-6-7-16(12-20)21(11-14)18(22)13-19-9-8-15-4-2-3-5-17(15)19/h2-5,8-9,14,16H,6-7,10-13H2,1H3/t14-,16+/m1/s1. The molecular formula is C18H23N3O3S. The van der Waals surface area contributed by atoms with Gasteiger partial charge in [-0.2, -0.15) is 4.31 Å². The minimum atomic E-state index is -3.21. The number of sulfonamides is 1. The highest BCUT2D eigenvalue weighted by Crippen LogP contribution is 2.29. The van der Waals surface area contributed by atoms with Gasteiger partial charge in [-0.05, 0) is 36.3 Å². The van der Waals surface area contributed by atoms with Gasteiger partial charge in [0.15, 0.2) is 0 Å². The number of nitrogens with zero attached hydrogens (tertiary/aromatic N) is 3. The van der Waals surface area contributed by atoms with Gasteiger partial charge in [-0.25, -0.2) is 8.42 Å². The van der Waals surface area contributed by atoms with Crippen LogP contribution in [0.3, 0.4) is 0 Å². The van der Waals surface area contributed by atoms with Gasteiger partial charge in [-0.1, -0.05) is 18.2 Å². The van der Waals surface area contributed by atoms with E-state index in [0.29, 0.717) is 26.2 Å². The van der Waals surface area contributed by atoms with E-state index in [1.54, 1.807) is 4.31 Å². The molecule has 134 valence electrons. The number of fused-ring (bicyclic) bond motifs is 5. The molecule has 3 fully saturated rings. The van der Waals surface area contributed by atoms with Gasteiger partial charge in [-0.15, -0.1) is 0 Å². The molecule has 5 rings (SSSR count).